The zero-order valence-corrected chi connectivity index (χ0v) is 19.8. The van der Waals surface area contributed by atoms with Gasteiger partial charge < -0.3 is 4.74 Å². The van der Waals surface area contributed by atoms with Crippen LogP contribution in [0.1, 0.15) is 29.2 Å². The minimum atomic E-state index is -0.939. The van der Waals surface area contributed by atoms with Crippen LogP contribution in [-0.2, 0) is 9.59 Å². The molecule has 0 unspecified atom stereocenters. The van der Waals surface area contributed by atoms with Crippen molar-refractivity contribution in [1.29, 1.82) is 0 Å². The van der Waals surface area contributed by atoms with E-state index in [1.165, 1.54) is 6.92 Å². The van der Waals surface area contributed by atoms with Gasteiger partial charge in [-0.15, -0.1) is 0 Å². The molecule has 0 N–H and O–H groups in total. The van der Waals surface area contributed by atoms with E-state index < -0.39 is 11.8 Å². The van der Waals surface area contributed by atoms with Crippen molar-refractivity contribution in [3.63, 3.8) is 0 Å². The lowest BCUT2D eigenvalue weighted by molar-refractivity contribution is -0.146. The number of rotatable bonds is 5. The van der Waals surface area contributed by atoms with Crippen LogP contribution >= 0.6 is 0 Å². The standard InChI is InChI=1S/C28H25N3O3/c1-16-10-12-21(18(3)14-16)25-29-26(22-13-11-17(2)15-19(22)4)31-27(30-25)23-8-6-7-9-24(23)34-28(33)20(5)32/h6-15H,1-5H3. The molecular formula is C28H25N3O3. The van der Waals surface area contributed by atoms with Crippen molar-refractivity contribution in [1.82, 2.24) is 15.0 Å². The molecule has 1 aromatic heterocycles. The van der Waals surface area contributed by atoms with Gasteiger partial charge in [-0.05, 0) is 51.0 Å². The van der Waals surface area contributed by atoms with Gasteiger partial charge in [0.25, 0.3) is 0 Å². The van der Waals surface area contributed by atoms with Gasteiger partial charge in [-0.1, -0.05) is 59.7 Å². The van der Waals surface area contributed by atoms with E-state index in [1.807, 2.05) is 52.0 Å². The smallest absolute Gasteiger partial charge is 0.379 e. The molecule has 0 saturated heterocycles. The van der Waals surface area contributed by atoms with Crippen LogP contribution in [0.2, 0.25) is 0 Å². The maximum Gasteiger partial charge on any atom is 0.379 e. The number of carbonyl (C=O) groups is 2. The largest absolute Gasteiger partial charge is 0.420 e. The van der Waals surface area contributed by atoms with Crippen LogP contribution in [0.4, 0.5) is 0 Å². The lowest BCUT2D eigenvalue weighted by Gasteiger charge is -2.13. The summed E-state index contributed by atoms with van der Waals surface area (Å²) >= 11 is 0. The summed E-state index contributed by atoms with van der Waals surface area (Å²) in [6.07, 6.45) is 0. The molecule has 0 amide bonds. The second-order valence-electron chi connectivity index (χ2n) is 8.38. The molecule has 0 bridgehead atoms. The molecule has 6 nitrogen and oxygen atoms in total. The first-order valence-electron chi connectivity index (χ1n) is 11.0. The molecule has 0 spiro atoms. The molecule has 3 aromatic carbocycles. The maximum atomic E-state index is 12.0. The summed E-state index contributed by atoms with van der Waals surface area (Å²) in [5.41, 5.74) is 6.65. The number of benzene rings is 3. The van der Waals surface area contributed by atoms with Crippen LogP contribution in [0.15, 0.2) is 60.7 Å². The number of carbonyl (C=O) groups excluding carboxylic acids is 2. The van der Waals surface area contributed by atoms with Crippen molar-refractivity contribution in [2.45, 2.75) is 34.6 Å². The molecule has 0 atom stereocenters. The van der Waals surface area contributed by atoms with E-state index in [1.54, 1.807) is 24.3 Å². The Morgan fingerprint density at radius 2 is 1.12 bits per heavy atom. The Balaban J connectivity index is 1.95. The number of ether oxygens (including phenoxy) is 1. The Hall–Kier alpha value is -4.19. The average Bonchev–Trinajstić information content (AvgIpc) is 2.79. The van der Waals surface area contributed by atoms with Crippen LogP contribution in [0, 0.1) is 27.7 Å². The predicted octanol–water partition coefficient (Wildman–Crippen LogP) is 5.60. The van der Waals surface area contributed by atoms with Crippen molar-refractivity contribution < 1.29 is 14.3 Å². The Morgan fingerprint density at radius 3 is 1.59 bits per heavy atom. The number of para-hydroxylation sites is 1. The van der Waals surface area contributed by atoms with Crippen molar-refractivity contribution in [2.75, 3.05) is 0 Å². The Morgan fingerprint density at radius 1 is 0.647 bits per heavy atom. The third-order valence-corrected chi connectivity index (χ3v) is 5.50. The highest BCUT2D eigenvalue weighted by Gasteiger charge is 2.19. The molecule has 0 aliphatic carbocycles. The number of hydrogen-bond acceptors (Lipinski definition) is 6. The fraction of sp³-hybridized carbons (Fsp3) is 0.179. The molecule has 34 heavy (non-hydrogen) atoms. The highest BCUT2D eigenvalue weighted by atomic mass is 16.5. The molecular weight excluding hydrogens is 426 g/mol. The molecule has 6 heteroatoms. The highest BCUT2D eigenvalue weighted by molar-refractivity contribution is 6.33. The van der Waals surface area contributed by atoms with E-state index >= 15 is 0 Å². The SMILES string of the molecule is CC(=O)C(=O)Oc1ccccc1-c1nc(-c2ccc(C)cc2C)nc(-c2ccc(C)cc2C)n1. The second kappa shape index (κ2) is 9.35. The Kier molecular flexibility index (Phi) is 6.32. The van der Waals surface area contributed by atoms with Gasteiger partial charge in [0.05, 0.1) is 5.56 Å². The minimum Gasteiger partial charge on any atom is -0.420 e. The van der Waals surface area contributed by atoms with E-state index in [4.69, 9.17) is 19.7 Å². The normalized spacial score (nSPS) is 10.7. The molecule has 4 rings (SSSR count). The minimum absolute atomic E-state index is 0.215. The number of hydrogen-bond donors (Lipinski definition) is 0. The van der Waals surface area contributed by atoms with Gasteiger partial charge in [0.1, 0.15) is 5.75 Å². The number of aromatic nitrogens is 3. The van der Waals surface area contributed by atoms with E-state index in [-0.39, 0.29) is 5.75 Å². The quantitative estimate of drug-likeness (QED) is 0.223. The van der Waals surface area contributed by atoms with Gasteiger partial charge in [-0.25, -0.2) is 19.7 Å². The third-order valence-electron chi connectivity index (χ3n) is 5.50. The van der Waals surface area contributed by atoms with Crippen LogP contribution in [0.5, 0.6) is 5.75 Å². The monoisotopic (exact) mass is 451 g/mol. The van der Waals surface area contributed by atoms with Crippen molar-refractivity contribution in [3.8, 4) is 39.9 Å². The van der Waals surface area contributed by atoms with Crippen molar-refractivity contribution in [2.24, 2.45) is 0 Å². The summed E-state index contributed by atoms with van der Waals surface area (Å²) in [7, 11) is 0. The van der Waals surface area contributed by atoms with Gasteiger partial charge in [-0.3, -0.25) is 4.79 Å². The van der Waals surface area contributed by atoms with Crippen LogP contribution in [0.3, 0.4) is 0 Å². The summed E-state index contributed by atoms with van der Waals surface area (Å²) in [6.45, 7) is 9.29. The zero-order valence-electron chi connectivity index (χ0n) is 19.8. The fourth-order valence-electron chi connectivity index (χ4n) is 3.78. The van der Waals surface area contributed by atoms with Gasteiger partial charge in [0.2, 0.25) is 5.78 Å². The molecule has 0 aliphatic heterocycles. The third kappa shape index (κ3) is 4.76. The number of nitrogens with zero attached hydrogens (tertiary/aromatic N) is 3. The molecule has 0 fully saturated rings. The summed E-state index contributed by atoms with van der Waals surface area (Å²) in [5, 5.41) is 0. The molecule has 0 saturated carbocycles. The van der Waals surface area contributed by atoms with E-state index in [0.717, 1.165) is 33.4 Å². The predicted molar refractivity (Wildman–Crippen MR) is 131 cm³/mol. The first-order valence-corrected chi connectivity index (χ1v) is 11.0. The Labute approximate surface area is 198 Å². The highest BCUT2D eigenvalue weighted by Crippen LogP contribution is 2.32. The molecule has 1 heterocycles. The van der Waals surface area contributed by atoms with E-state index in [0.29, 0.717) is 23.0 Å². The molecule has 4 aromatic rings. The van der Waals surface area contributed by atoms with Crippen LogP contribution in [0.25, 0.3) is 34.2 Å². The number of Topliss-reactive ketones (excluding diaryl/α,β-unsaturated/α-hetero) is 1. The number of esters is 1. The van der Waals surface area contributed by atoms with Crippen LogP contribution < -0.4 is 4.74 Å². The van der Waals surface area contributed by atoms with E-state index in [2.05, 4.69) is 12.1 Å². The van der Waals surface area contributed by atoms with Crippen molar-refractivity contribution >= 4 is 11.8 Å². The van der Waals surface area contributed by atoms with Crippen molar-refractivity contribution in [3.05, 3.63) is 82.9 Å². The van der Waals surface area contributed by atoms with Gasteiger partial charge in [-0.2, -0.15) is 0 Å². The fourth-order valence-corrected chi connectivity index (χ4v) is 3.78. The van der Waals surface area contributed by atoms with Gasteiger partial charge >= 0.3 is 5.97 Å². The zero-order chi connectivity index (χ0) is 24.4. The van der Waals surface area contributed by atoms with Gasteiger partial charge in [0, 0.05) is 18.1 Å². The summed E-state index contributed by atoms with van der Waals surface area (Å²) in [5.74, 6) is -0.0163. The lowest BCUT2D eigenvalue weighted by Crippen LogP contribution is -2.17. The average molecular weight is 452 g/mol. The first-order chi connectivity index (χ1) is 16.2. The topological polar surface area (TPSA) is 82.0 Å². The Bertz CT molecular complexity index is 1360. The molecule has 0 aliphatic rings. The van der Waals surface area contributed by atoms with Gasteiger partial charge in [0.15, 0.2) is 17.5 Å². The van der Waals surface area contributed by atoms with Crippen LogP contribution in [-0.4, -0.2) is 26.7 Å². The molecule has 0 radical (unpaired) electrons. The summed E-state index contributed by atoms with van der Waals surface area (Å²) < 4.78 is 5.34. The number of aryl methyl sites for hydroxylation is 4. The number of ketones is 1. The van der Waals surface area contributed by atoms with E-state index in [9.17, 15) is 9.59 Å². The molecule has 170 valence electrons. The first kappa shape index (κ1) is 23.0. The second-order valence-corrected chi connectivity index (χ2v) is 8.38. The summed E-state index contributed by atoms with van der Waals surface area (Å²) in [6, 6.07) is 19.1. The lowest BCUT2D eigenvalue weighted by atomic mass is 10.0. The summed E-state index contributed by atoms with van der Waals surface area (Å²) in [4.78, 5) is 37.8. The maximum absolute atomic E-state index is 12.0.